The Bertz CT molecular complexity index is 340. The van der Waals surface area contributed by atoms with Crippen LogP contribution < -0.4 is 5.11 Å². The van der Waals surface area contributed by atoms with Gasteiger partial charge in [-0.2, -0.15) is 0 Å². The summed E-state index contributed by atoms with van der Waals surface area (Å²) >= 11 is 0. The van der Waals surface area contributed by atoms with Crippen molar-refractivity contribution in [3.63, 3.8) is 0 Å². The highest BCUT2D eigenvalue weighted by Gasteiger charge is 2.02. The minimum Gasteiger partial charge on any atom is -0.542 e. The van der Waals surface area contributed by atoms with Crippen molar-refractivity contribution in [1.82, 2.24) is 0 Å². The van der Waals surface area contributed by atoms with E-state index in [9.17, 15) is 14.7 Å². The fourth-order valence-electron chi connectivity index (χ4n) is 1.02. The molecular formula is C10H9O4-. The van der Waals surface area contributed by atoms with Crippen molar-refractivity contribution in [2.75, 3.05) is 0 Å². The molecule has 1 aromatic rings. The topological polar surface area (TPSA) is 77.4 Å². The Kier molecular flexibility index (Phi) is 3.23. The highest BCUT2D eigenvalue weighted by Crippen LogP contribution is 2.10. The van der Waals surface area contributed by atoms with Crippen LogP contribution in [0.4, 0.5) is 0 Å². The van der Waals surface area contributed by atoms with Gasteiger partial charge in [-0.3, -0.25) is 4.79 Å². The molecule has 0 unspecified atom stereocenters. The maximum absolute atomic E-state index is 10.7. The number of Topliss-reactive ketones (excluding diaryl/α,β-unsaturated/α-hetero) is 1. The normalized spacial score (nSPS) is 9.71. The van der Waals surface area contributed by atoms with Crippen LogP contribution in [0.1, 0.15) is 12.0 Å². The van der Waals surface area contributed by atoms with E-state index in [0.717, 1.165) is 5.56 Å². The predicted octanol–water partition coefficient (Wildman–Crippen LogP) is -0.356. The third kappa shape index (κ3) is 2.90. The lowest BCUT2D eigenvalue weighted by Gasteiger charge is -2.01. The van der Waals surface area contributed by atoms with Gasteiger partial charge in [0.2, 0.25) is 0 Å². The predicted molar refractivity (Wildman–Crippen MR) is 46.4 cm³/mol. The number of benzene rings is 1. The van der Waals surface area contributed by atoms with E-state index in [0.29, 0.717) is 6.42 Å². The van der Waals surface area contributed by atoms with Gasteiger partial charge in [0.1, 0.15) is 11.7 Å². The first-order valence-electron chi connectivity index (χ1n) is 4.11. The number of aryl methyl sites for hydroxylation is 1. The molecule has 0 spiro atoms. The van der Waals surface area contributed by atoms with Crippen LogP contribution in [0, 0.1) is 0 Å². The zero-order valence-electron chi connectivity index (χ0n) is 7.40. The van der Waals surface area contributed by atoms with Crippen LogP contribution in [-0.4, -0.2) is 16.9 Å². The molecule has 0 aromatic heterocycles. The summed E-state index contributed by atoms with van der Waals surface area (Å²) in [5.41, 5.74) is 0.803. The van der Waals surface area contributed by atoms with Crippen molar-refractivity contribution in [2.24, 2.45) is 0 Å². The van der Waals surface area contributed by atoms with Gasteiger partial charge in [-0.1, -0.05) is 12.1 Å². The number of ketones is 1. The lowest BCUT2D eigenvalue weighted by atomic mass is 10.1. The second-order valence-electron chi connectivity index (χ2n) is 2.88. The van der Waals surface area contributed by atoms with E-state index in [1.165, 1.54) is 12.1 Å². The van der Waals surface area contributed by atoms with E-state index in [1.54, 1.807) is 12.1 Å². The van der Waals surface area contributed by atoms with Crippen molar-refractivity contribution >= 4 is 11.8 Å². The van der Waals surface area contributed by atoms with Gasteiger partial charge in [-0.15, -0.1) is 0 Å². The summed E-state index contributed by atoms with van der Waals surface area (Å²) in [6.07, 6.45) is 0.264. The zero-order valence-corrected chi connectivity index (χ0v) is 7.40. The summed E-state index contributed by atoms with van der Waals surface area (Å²) in [6, 6.07) is 6.24. The summed E-state index contributed by atoms with van der Waals surface area (Å²) < 4.78 is 0. The Morgan fingerprint density at radius 1 is 1.21 bits per heavy atom. The zero-order chi connectivity index (χ0) is 10.6. The number of carbonyl (C=O) groups is 2. The third-order valence-corrected chi connectivity index (χ3v) is 1.80. The van der Waals surface area contributed by atoms with Crippen molar-refractivity contribution in [3.8, 4) is 5.75 Å². The second-order valence-corrected chi connectivity index (χ2v) is 2.88. The maximum Gasteiger partial charge on any atom is 0.178 e. The van der Waals surface area contributed by atoms with Crippen LogP contribution in [0.25, 0.3) is 0 Å². The number of phenols is 1. The van der Waals surface area contributed by atoms with E-state index >= 15 is 0 Å². The number of hydrogen-bond acceptors (Lipinski definition) is 4. The van der Waals surface area contributed by atoms with Gasteiger partial charge in [0, 0.05) is 6.42 Å². The lowest BCUT2D eigenvalue weighted by Crippen LogP contribution is -2.31. The first-order valence-corrected chi connectivity index (χ1v) is 4.11. The maximum atomic E-state index is 10.7. The minimum absolute atomic E-state index is 0.0763. The highest BCUT2D eigenvalue weighted by atomic mass is 16.4. The standard InChI is InChI=1S/C10H10O4/c11-8-4-1-7(2-5-8)3-6-9(12)10(13)14/h1-2,4-5,11H,3,6H2,(H,13,14)/p-1. The van der Waals surface area contributed by atoms with Crippen molar-refractivity contribution in [2.45, 2.75) is 12.8 Å². The van der Waals surface area contributed by atoms with Crippen LogP contribution in [0.3, 0.4) is 0 Å². The molecule has 0 atom stereocenters. The molecule has 4 heteroatoms. The summed E-state index contributed by atoms with van der Waals surface area (Å²) in [7, 11) is 0. The number of carbonyl (C=O) groups excluding carboxylic acids is 2. The van der Waals surface area contributed by atoms with E-state index in [4.69, 9.17) is 5.11 Å². The van der Waals surface area contributed by atoms with Gasteiger partial charge < -0.3 is 15.0 Å². The number of carboxylic acid groups (broad SMARTS) is 1. The molecule has 0 saturated carbocycles. The minimum atomic E-state index is -1.65. The Morgan fingerprint density at radius 3 is 2.29 bits per heavy atom. The molecule has 1 rings (SSSR count). The number of hydrogen-bond donors (Lipinski definition) is 1. The molecule has 0 saturated heterocycles. The Morgan fingerprint density at radius 2 is 1.79 bits per heavy atom. The number of aliphatic carboxylic acids is 1. The molecule has 4 nitrogen and oxygen atoms in total. The summed E-state index contributed by atoms with van der Waals surface area (Å²) in [5.74, 6) is -2.41. The van der Waals surface area contributed by atoms with Gasteiger partial charge in [0.05, 0.1) is 0 Å². The number of phenolic OH excluding ortho intramolecular Hbond substituents is 1. The molecule has 0 bridgehead atoms. The molecule has 1 N–H and O–H groups in total. The van der Waals surface area contributed by atoms with Gasteiger partial charge in [-0.25, -0.2) is 0 Å². The molecule has 74 valence electrons. The molecular weight excluding hydrogens is 184 g/mol. The molecule has 0 fully saturated rings. The summed E-state index contributed by atoms with van der Waals surface area (Å²) in [4.78, 5) is 20.7. The molecule has 0 heterocycles. The molecule has 0 radical (unpaired) electrons. The highest BCUT2D eigenvalue weighted by molar-refractivity contribution is 6.31. The molecule has 0 aliphatic heterocycles. The quantitative estimate of drug-likeness (QED) is 0.662. The fraction of sp³-hybridized carbons (Fsp3) is 0.200. The summed E-state index contributed by atoms with van der Waals surface area (Å²) in [5, 5.41) is 19.0. The van der Waals surface area contributed by atoms with E-state index in [1.807, 2.05) is 0 Å². The first kappa shape index (κ1) is 10.2. The average Bonchev–Trinajstić information content (AvgIpc) is 2.16. The van der Waals surface area contributed by atoms with Crippen LogP contribution in [0.2, 0.25) is 0 Å². The fourth-order valence-corrected chi connectivity index (χ4v) is 1.02. The molecule has 0 amide bonds. The SMILES string of the molecule is O=C([O-])C(=O)CCc1ccc(O)cc1. The van der Waals surface area contributed by atoms with Crippen LogP contribution in [0.15, 0.2) is 24.3 Å². The number of rotatable bonds is 4. The van der Waals surface area contributed by atoms with Gasteiger partial charge >= 0.3 is 0 Å². The largest absolute Gasteiger partial charge is 0.542 e. The van der Waals surface area contributed by atoms with Gasteiger partial charge in [-0.05, 0) is 24.1 Å². The smallest absolute Gasteiger partial charge is 0.178 e. The Labute approximate surface area is 80.8 Å². The van der Waals surface area contributed by atoms with Crippen molar-refractivity contribution in [3.05, 3.63) is 29.8 Å². The first-order chi connectivity index (χ1) is 6.59. The number of carboxylic acids is 1. The van der Waals surface area contributed by atoms with Gasteiger partial charge in [0.15, 0.2) is 5.78 Å². The summed E-state index contributed by atoms with van der Waals surface area (Å²) in [6.45, 7) is 0. The van der Waals surface area contributed by atoms with Gasteiger partial charge in [0.25, 0.3) is 0 Å². The van der Waals surface area contributed by atoms with Crippen LogP contribution in [0.5, 0.6) is 5.75 Å². The van der Waals surface area contributed by atoms with Crippen LogP contribution >= 0.6 is 0 Å². The van der Waals surface area contributed by atoms with E-state index in [2.05, 4.69) is 0 Å². The monoisotopic (exact) mass is 193 g/mol. The van der Waals surface area contributed by atoms with Crippen molar-refractivity contribution in [1.29, 1.82) is 0 Å². The lowest BCUT2D eigenvalue weighted by molar-refractivity contribution is -0.300. The second kappa shape index (κ2) is 4.41. The van der Waals surface area contributed by atoms with E-state index in [-0.39, 0.29) is 12.2 Å². The number of aromatic hydroxyl groups is 1. The molecule has 0 aliphatic rings. The van der Waals surface area contributed by atoms with Crippen LogP contribution in [-0.2, 0) is 16.0 Å². The van der Waals surface area contributed by atoms with Crippen molar-refractivity contribution < 1.29 is 19.8 Å². The third-order valence-electron chi connectivity index (χ3n) is 1.80. The Balaban J connectivity index is 2.50. The molecule has 14 heavy (non-hydrogen) atoms. The Hall–Kier alpha value is -1.84. The molecule has 0 aliphatic carbocycles. The van der Waals surface area contributed by atoms with E-state index < -0.39 is 11.8 Å². The average molecular weight is 193 g/mol. The molecule has 1 aromatic carbocycles.